The molecule has 3 nitrogen and oxygen atoms in total. The summed E-state index contributed by atoms with van der Waals surface area (Å²) in [6.07, 6.45) is 0.772. The molecule has 0 saturated carbocycles. The largest absolute Gasteiger partial charge is 0.338 e. The number of urea groups is 1. The van der Waals surface area contributed by atoms with Crippen LogP contribution < -0.4 is 10.6 Å². The van der Waals surface area contributed by atoms with Crippen LogP contribution in [-0.2, 0) is 6.42 Å². The zero-order chi connectivity index (χ0) is 15.2. The predicted molar refractivity (Wildman–Crippen MR) is 91.1 cm³/mol. The minimum atomic E-state index is -0.215. The second-order valence-electron chi connectivity index (χ2n) is 4.68. The molecule has 110 valence electrons. The summed E-state index contributed by atoms with van der Waals surface area (Å²) in [5, 5.41) is 6.32. The summed E-state index contributed by atoms with van der Waals surface area (Å²) in [4.78, 5) is 11.9. The van der Waals surface area contributed by atoms with E-state index in [1.54, 1.807) is 12.1 Å². The maximum Gasteiger partial charge on any atom is 0.319 e. The molecular formula is C16H16BrClN2O. The van der Waals surface area contributed by atoms with Gasteiger partial charge in [0.1, 0.15) is 0 Å². The molecule has 0 saturated heterocycles. The Kier molecular flexibility index (Phi) is 5.65. The molecule has 0 aliphatic heterocycles. The van der Waals surface area contributed by atoms with E-state index < -0.39 is 0 Å². The number of rotatable bonds is 4. The molecule has 0 radical (unpaired) electrons. The first-order valence-electron chi connectivity index (χ1n) is 6.60. The number of halogens is 2. The van der Waals surface area contributed by atoms with Crippen LogP contribution in [0.3, 0.4) is 0 Å². The van der Waals surface area contributed by atoms with Gasteiger partial charge in [-0.25, -0.2) is 4.79 Å². The molecule has 0 atom stereocenters. The molecule has 0 aliphatic carbocycles. The number of anilines is 1. The average Bonchev–Trinajstić information content (AvgIpc) is 2.44. The van der Waals surface area contributed by atoms with Crippen molar-refractivity contribution in [2.45, 2.75) is 13.3 Å². The summed E-state index contributed by atoms with van der Waals surface area (Å²) in [6, 6.07) is 13.1. The van der Waals surface area contributed by atoms with Crippen molar-refractivity contribution in [1.82, 2.24) is 5.32 Å². The maximum absolute atomic E-state index is 11.9. The van der Waals surface area contributed by atoms with Crippen LogP contribution in [0.5, 0.6) is 0 Å². The summed E-state index contributed by atoms with van der Waals surface area (Å²) in [7, 11) is 0. The fourth-order valence-electron chi connectivity index (χ4n) is 1.95. The highest BCUT2D eigenvalue weighted by molar-refractivity contribution is 9.10. The molecule has 0 bridgehead atoms. The van der Waals surface area contributed by atoms with Gasteiger partial charge in [-0.1, -0.05) is 45.7 Å². The quantitative estimate of drug-likeness (QED) is 0.802. The first-order chi connectivity index (χ1) is 10.1. The van der Waals surface area contributed by atoms with Gasteiger partial charge in [0.2, 0.25) is 0 Å². The lowest BCUT2D eigenvalue weighted by atomic mass is 10.1. The third kappa shape index (κ3) is 4.76. The van der Waals surface area contributed by atoms with Gasteiger partial charge in [0.15, 0.2) is 0 Å². The number of aryl methyl sites for hydroxylation is 1. The van der Waals surface area contributed by atoms with Crippen molar-refractivity contribution in [2.24, 2.45) is 0 Å². The molecule has 21 heavy (non-hydrogen) atoms. The molecule has 0 unspecified atom stereocenters. The van der Waals surface area contributed by atoms with E-state index in [4.69, 9.17) is 11.6 Å². The Bertz CT molecular complexity index is 646. The molecule has 0 aromatic heterocycles. The predicted octanol–water partition coefficient (Wildman–Crippen LogP) is 4.78. The van der Waals surface area contributed by atoms with Crippen molar-refractivity contribution in [3.63, 3.8) is 0 Å². The molecule has 2 rings (SSSR count). The van der Waals surface area contributed by atoms with Crippen LogP contribution in [0.2, 0.25) is 5.02 Å². The molecule has 0 aliphatic rings. The van der Waals surface area contributed by atoms with Crippen LogP contribution in [0.4, 0.5) is 10.5 Å². The van der Waals surface area contributed by atoms with Crippen molar-refractivity contribution in [3.8, 4) is 0 Å². The highest BCUT2D eigenvalue weighted by Gasteiger charge is 2.05. The SMILES string of the molecule is Cc1cc(Cl)ccc1NC(=O)NCCc1ccccc1Br. The Morgan fingerprint density at radius 3 is 2.71 bits per heavy atom. The van der Waals surface area contributed by atoms with Crippen molar-refractivity contribution < 1.29 is 4.79 Å². The lowest BCUT2D eigenvalue weighted by molar-refractivity contribution is 0.252. The van der Waals surface area contributed by atoms with Gasteiger partial charge in [-0.05, 0) is 48.7 Å². The smallest absolute Gasteiger partial charge is 0.319 e. The monoisotopic (exact) mass is 366 g/mol. The molecule has 2 N–H and O–H groups in total. The molecular weight excluding hydrogens is 352 g/mol. The third-order valence-corrected chi connectivity index (χ3v) is 4.08. The van der Waals surface area contributed by atoms with Crippen molar-refractivity contribution in [3.05, 3.63) is 63.1 Å². The van der Waals surface area contributed by atoms with E-state index >= 15 is 0 Å². The summed E-state index contributed by atoms with van der Waals surface area (Å²) in [5.74, 6) is 0. The summed E-state index contributed by atoms with van der Waals surface area (Å²) in [6.45, 7) is 2.48. The fraction of sp³-hybridized carbons (Fsp3) is 0.188. The Morgan fingerprint density at radius 2 is 2.00 bits per heavy atom. The van der Waals surface area contributed by atoms with Crippen LogP contribution in [0, 0.1) is 6.92 Å². The number of amides is 2. The summed E-state index contributed by atoms with van der Waals surface area (Å²) >= 11 is 9.38. The van der Waals surface area contributed by atoms with E-state index in [0.29, 0.717) is 11.6 Å². The lowest BCUT2D eigenvalue weighted by Gasteiger charge is -2.10. The lowest BCUT2D eigenvalue weighted by Crippen LogP contribution is -2.30. The Hall–Kier alpha value is -1.52. The maximum atomic E-state index is 11.9. The van der Waals surface area contributed by atoms with Crippen molar-refractivity contribution in [2.75, 3.05) is 11.9 Å². The normalized spacial score (nSPS) is 10.2. The number of carbonyl (C=O) groups is 1. The van der Waals surface area contributed by atoms with Crippen molar-refractivity contribution >= 4 is 39.2 Å². The van der Waals surface area contributed by atoms with Gasteiger partial charge in [-0.2, -0.15) is 0 Å². The third-order valence-electron chi connectivity index (χ3n) is 3.07. The highest BCUT2D eigenvalue weighted by atomic mass is 79.9. The zero-order valence-electron chi connectivity index (χ0n) is 11.6. The van der Waals surface area contributed by atoms with E-state index in [-0.39, 0.29) is 6.03 Å². The number of carbonyl (C=O) groups excluding carboxylic acids is 1. The van der Waals surface area contributed by atoms with E-state index in [0.717, 1.165) is 22.1 Å². The van der Waals surface area contributed by atoms with Gasteiger partial charge >= 0.3 is 6.03 Å². The van der Waals surface area contributed by atoms with Crippen molar-refractivity contribution in [1.29, 1.82) is 0 Å². The van der Waals surface area contributed by atoms with Gasteiger partial charge in [0.05, 0.1) is 0 Å². The molecule has 5 heteroatoms. The standard InChI is InChI=1S/C16H16BrClN2O/c1-11-10-13(18)6-7-15(11)20-16(21)19-9-8-12-4-2-3-5-14(12)17/h2-7,10H,8-9H2,1H3,(H2,19,20,21). The molecule has 0 spiro atoms. The minimum Gasteiger partial charge on any atom is -0.338 e. The van der Waals surface area contributed by atoms with Crippen LogP contribution in [-0.4, -0.2) is 12.6 Å². The van der Waals surface area contributed by atoms with Crippen LogP contribution in [0.15, 0.2) is 46.9 Å². The Morgan fingerprint density at radius 1 is 1.24 bits per heavy atom. The first-order valence-corrected chi connectivity index (χ1v) is 7.78. The first kappa shape index (κ1) is 15.9. The Balaban J connectivity index is 1.84. The van der Waals surface area contributed by atoms with E-state index in [1.165, 1.54) is 5.56 Å². The topological polar surface area (TPSA) is 41.1 Å². The van der Waals surface area contributed by atoms with Gasteiger partial charge < -0.3 is 10.6 Å². The van der Waals surface area contributed by atoms with Crippen LogP contribution in [0.25, 0.3) is 0 Å². The second kappa shape index (κ2) is 7.48. The molecule has 0 heterocycles. The summed E-state index contributed by atoms with van der Waals surface area (Å²) in [5.41, 5.74) is 2.86. The molecule has 2 aromatic carbocycles. The van der Waals surface area contributed by atoms with E-state index in [1.807, 2.05) is 37.3 Å². The van der Waals surface area contributed by atoms with Gasteiger partial charge in [0, 0.05) is 21.7 Å². The molecule has 0 fully saturated rings. The fourth-order valence-corrected chi connectivity index (χ4v) is 2.66. The average molecular weight is 368 g/mol. The van der Waals surface area contributed by atoms with E-state index in [2.05, 4.69) is 26.6 Å². The summed E-state index contributed by atoms with van der Waals surface area (Å²) < 4.78 is 1.06. The highest BCUT2D eigenvalue weighted by Crippen LogP contribution is 2.19. The zero-order valence-corrected chi connectivity index (χ0v) is 14.0. The number of benzene rings is 2. The number of nitrogens with one attached hydrogen (secondary N) is 2. The molecule has 2 aromatic rings. The molecule has 2 amide bonds. The van der Waals surface area contributed by atoms with E-state index in [9.17, 15) is 4.79 Å². The van der Waals surface area contributed by atoms with Gasteiger partial charge in [-0.15, -0.1) is 0 Å². The number of hydrogen-bond donors (Lipinski definition) is 2. The Labute approximate surface area is 137 Å². The number of hydrogen-bond acceptors (Lipinski definition) is 1. The second-order valence-corrected chi connectivity index (χ2v) is 5.97. The van der Waals surface area contributed by atoms with Crippen LogP contribution >= 0.6 is 27.5 Å². The van der Waals surface area contributed by atoms with Gasteiger partial charge in [0.25, 0.3) is 0 Å². The minimum absolute atomic E-state index is 0.215. The van der Waals surface area contributed by atoms with Gasteiger partial charge in [-0.3, -0.25) is 0 Å². The van der Waals surface area contributed by atoms with Crippen LogP contribution in [0.1, 0.15) is 11.1 Å².